The van der Waals surface area contributed by atoms with Crippen LogP contribution in [0.5, 0.6) is 0 Å². The van der Waals surface area contributed by atoms with E-state index < -0.39 is 0 Å². The molecule has 0 rings (SSSR count). The molecule has 1 atom stereocenters. The van der Waals surface area contributed by atoms with Crippen molar-refractivity contribution in [1.82, 2.24) is 4.90 Å². The summed E-state index contributed by atoms with van der Waals surface area (Å²) in [5.74, 6) is 0.941. The summed E-state index contributed by atoms with van der Waals surface area (Å²) in [5, 5.41) is 0. The minimum atomic E-state index is 0.941. The van der Waals surface area contributed by atoms with E-state index in [-0.39, 0.29) is 0 Å². The van der Waals surface area contributed by atoms with E-state index in [4.69, 9.17) is 0 Å². The summed E-state index contributed by atoms with van der Waals surface area (Å²) >= 11 is 0. The van der Waals surface area contributed by atoms with Gasteiger partial charge in [0.2, 0.25) is 0 Å². The number of unbranched alkanes of at least 4 members (excludes halogenated alkanes) is 4. The molecule has 0 aliphatic heterocycles. The summed E-state index contributed by atoms with van der Waals surface area (Å²) in [7, 11) is 4.40. The topological polar surface area (TPSA) is 3.24 Å². The predicted molar refractivity (Wildman–Crippen MR) is 70.3 cm³/mol. The van der Waals surface area contributed by atoms with Crippen molar-refractivity contribution in [2.24, 2.45) is 5.92 Å². The maximum atomic E-state index is 2.35. The van der Waals surface area contributed by atoms with Crippen LogP contribution in [0.25, 0.3) is 0 Å². The smallest absolute Gasteiger partial charge is 0.000356 e. The van der Waals surface area contributed by atoms with Gasteiger partial charge < -0.3 is 4.90 Å². The second-order valence-corrected chi connectivity index (χ2v) is 5.12. The molecule has 0 aliphatic carbocycles. The SMILES string of the molecule is CCCCCCC(CCCC)CN(C)C. The van der Waals surface area contributed by atoms with Crippen LogP contribution in [0.3, 0.4) is 0 Å². The Balaban J connectivity index is 3.59. The molecule has 0 heterocycles. The molecule has 0 aromatic heterocycles. The first-order valence-corrected chi connectivity index (χ1v) is 6.85. The molecule has 1 heteroatoms. The summed E-state index contributed by atoms with van der Waals surface area (Å²) in [6.45, 7) is 5.87. The second-order valence-electron chi connectivity index (χ2n) is 5.12. The predicted octanol–water partition coefficient (Wildman–Crippen LogP) is 4.32. The van der Waals surface area contributed by atoms with Crippen molar-refractivity contribution in [2.45, 2.75) is 65.2 Å². The van der Waals surface area contributed by atoms with Crippen LogP contribution < -0.4 is 0 Å². The van der Waals surface area contributed by atoms with Crippen LogP contribution in [0.2, 0.25) is 0 Å². The molecule has 0 saturated carbocycles. The number of nitrogens with zero attached hydrogens (tertiary/aromatic N) is 1. The standard InChI is InChI=1S/C14H31N/c1-5-7-9-10-12-14(11-8-6-2)13-15(3)4/h14H,5-13H2,1-4H3. The highest BCUT2D eigenvalue weighted by Crippen LogP contribution is 2.17. The highest BCUT2D eigenvalue weighted by Gasteiger charge is 2.08. The molecule has 0 aliphatic rings. The first kappa shape index (κ1) is 15.0. The molecule has 0 saturated heterocycles. The Morgan fingerprint density at radius 1 is 0.800 bits per heavy atom. The molecule has 1 unspecified atom stereocenters. The zero-order chi connectivity index (χ0) is 11.5. The van der Waals surface area contributed by atoms with Crippen molar-refractivity contribution in [2.75, 3.05) is 20.6 Å². The summed E-state index contributed by atoms with van der Waals surface area (Å²) in [6.07, 6.45) is 11.3. The van der Waals surface area contributed by atoms with Gasteiger partial charge >= 0.3 is 0 Å². The van der Waals surface area contributed by atoms with Gasteiger partial charge in [0.15, 0.2) is 0 Å². The van der Waals surface area contributed by atoms with Crippen molar-refractivity contribution >= 4 is 0 Å². The average Bonchev–Trinajstić information content (AvgIpc) is 2.19. The zero-order valence-electron chi connectivity index (χ0n) is 11.4. The summed E-state index contributed by atoms with van der Waals surface area (Å²) in [4.78, 5) is 2.35. The zero-order valence-corrected chi connectivity index (χ0v) is 11.4. The van der Waals surface area contributed by atoms with Crippen LogP contribution in [0.4, 0.5) is 0 Å². The molecule has 15 heavy (non-hydrogen) atoms. The lowest BCUT2D eigenvalue weighted by Crippen LogP contribution is -2.21. The average molecular weight is 213 g/mol. The molecule has 0 aromatic carbocycles. The summed E-state index contributed by atoms with van der Waals surface area (Å²) in [5.41, 5.74) is 0. The van der Waals surface area contributed by atoms with E-state index in [9.17, 15) is 0 Å². The third-order valence-electron chi connectivity index (χ3n) is 3.06. The molecule has 1 nitrogen and oxygen atoms in total. The van der Waals surface area contributed by atoms with E-state index in [1.807, 2.05) is 0 Å². The lowest BCUT2D eigenvalue weighted by atomic mass is 9.95. The van der Waals surface area contributed by atoms with Gasteiger partial charge in [-0.3, -0.25) is 0 Å². The fourth-order valence-electron chi connectivity index (χ4n) is 2.20. The summed E-state index contributed by atoms with van der Waals surface area (Å²) < 4.78 is 0. The molecule has 0 N–H and O–H groups in total. The molecule has 0 radical (unpaired) electrons. The van der Waals surface area contributed by atoms with Gasteiger partial charge in [-0.1, -0.05) is 52.4 Å². The normalized spacial score (nSPS) is 13.4. The van der Waals surface area contributed by atoms with E-state index in [0.717, 1.165) is 5.92 Å². The molecule has 0 amide bonds. The van der Waals surface area contributed by atoms with E-state index in [1.165, 1.54) is 57.9 Å². The fraction of sp³-hybridized carbons (Fsp3) is 1.00. The Bertz CT molecular complexity index is 121. The van der Waals surface area contributed by atoms with Crippen LogP contribution >= 0.6 is 0 Å². The number of rotatable bonds is 10. The maximum absolute atomic E-state index is 2.35. The van der Waals surface area contributed by atoms with Gasteiger partial charge in [-0.15, -0.1) is 0 Å². The van der Waals surface area contributed by atoms with Gasteiger partial charge in [0, 0.05) is 6.54 Å². The monoisotopic (exact) mass is 213 g/mol. The summed E-state index contributed by atoms with van der Waals surface area (Å²) in [6, 6.07) is 0. The Morgan fingerprint density at radius 2 is 1.40 bits per heavy atom. The van der Waals surface area contributed by atoms with Crippen molar-refractivity contribution in [3.63, 3.8) is 0 Å². The Kier molecular flexibility index (Phi) is 10.4. The van der Waals surface area contributed by atoms with Gasteiger partial charge in [0.1, 0.15) is 0 Å². The molecular weight excluding hydrogens is 182 g/mol. The highest BCUT2D eigenvalue weighted by atomic mass is 15.1. The van der Waals surface area contributed by atoms with Crippen LogP contribution in [0, 0.1) is 5.92 Å². The Morgan fingerprint density at radius 3 is 1.93 bits per heavy atom. The maximum Gasteiger partial charge on any atom is 0.000356 e. The lowest BCUT2D eigenvalue weighted by Gasteiger charge is -2.20. The largest absolute Gasteiger partial charge is 0.309 e. The quantitative estimate of drug-likeness (QED) is 0.488. The molecule has 92 valence electrons. The Labute approximate surface area is 97.2 Å². The van der Waals surface area contributed by atoms with Crippen molar-refractivity contribution in [3.05, 3.63) is 0 Å². The highest BCUT2D eigenvalue weighted by molar-refractivity contribution is 4.62. The number of hydrogen-bond acceptors (Lipinski definition) is 1. The van der Waals surface area contributed by atoms with Gasteiger partial charge in [-0.05, 0) is 32.9 Å². The second kappa shape index (κ2) is 10.5. The van der Waals surface area contributed by atoms with E-state index >= 15 is 0 Å². The van der Waals surface area contributed by atoms with Crippen molar-refractivity contribution in [3.8, 4) is 0 Å². The van der Waals surface area contributed by atoms with E-state index in [0.29, 0.717) is 0 Å². The van der Waals surface area contributed by atoms with E-state index in [2.05, 4.69) is 32.8 Å². The van der Waals surface area contributed by atoms with Gasteiger partial charge in [0.25, 0.3) is 0 Å². The Hall–Kier alpha value is -0.0400. The number of hydrogen-bond donors (Lipinski definition) is 0. The first-order valence-electron chi connectivity index (χ1n) is 6.85. The molecule has 0 fully saturated rings. The van der Waals surface area contributed by atoms with Crippen LogP contribution in [-0.4, -0.2) is 25.5 Å². The molecule has 0 aromatic rings. The van der Waals surface area contributed by atoms with Crippen molar-refractivity contribution < 1.29 is 0 Å². The first-order chi connectivity index (χ1) is 7.20. The van der Waals surface area contributed by atoms with Crippen molar-refractivity contribution in [1.29, 1.82) is 0 Å². The van der Waals surface area contributed by atoms with Crippen LogP contribution in [0.15, 0.2) is 0 Å². The van der Waals surface area contributed by atoms with Gasteiger partial charge in [-0.2, -0.15) is 0 Å². The van der Waals surface area contributed by atoms with E-state index in [1.54, 1.807) is 0 Å². The minimum Gasteiger partial charge on any atom is -0.309 e. The minimum absolute atomic E-state index is 0.941. The molecule has 0 bridgehead atoms. The third kappa shape index (κ3) is 10.2. The third-order valence-corrected chi connectivity index (χ3v) is 3.06. The molecular formula is C14H31N. The van der Waals surface area contributed by atoms with Crippen LogP contribution in [-0.2, 0) is 0 Å². The lowest BCUT2D eigenvalue weighted by molar-refractivity contribution is 0.288. The molecule has 0 spiro atoms. The fourth-order valence-corrected chi connectivity index (χ4v) is 2.20. The van der Waals surface area contributed by atoms with Gasteiger partial charge in [0.05, 0.1) is 0 Å². The van der Waals surface area contributed by atoms with Gasteiger partial charge in [-0.25, -0.2) is 0 Å². The van der Waals surface area contributed by atoms with Crippen LogP contribution in [0.1, 0.15) is 65.2 Å².